The molecule has 8 nitrogen and oxygen atoms in total. The number of carbonyl (C=O) groups is 2. The predicted octanol–water partition coefficient (Wildman–Crippen LogP) is 0.846. The van der Waals surface area contributed by atoms with Gasteiger partial charge in [0.25, 0.3) is 0 Å². The van der Waals surface area contributed by atoms with Crippen LogP contribution in [0.5, 0.6) is 17.2 Å². The number of likely N-dealkylation sites (N-methyl/N-ethyl adjacent to an activating group) is 1. The van der Waals surface area contributed by atoms with Gasteiger partial charge in [0, 0.05) is 18.2 Å². The molecule has 0 heterocycles. The van der Waals surface area contributed by atoms with E-state index in [0.29, 0.717) is 0 Å². The Labute approximate surface area is 128 Å². The fourth-order valence-corrected chi connectivity index (χ4v) is 1.39. The van der Waals surface area contributed by atoms with E-state index in [9.17, 15) is 9.59 Å². The zero-order valence-electron chi connectivity index (χ0n) is 13.0. The van der Waals surface area contributed by atoms with E-state index in [4.69, 9.17) is 24.4 Å². The molecular weight excluding hydrogens is 294 g/mol. The number of ether oxygens (including phenoxy) is 3. The number of carboxylic acids is 2. The third-order valence-electron chi connectivity index (χ3n) is 2.59. The Morgan fingerprint density at radius 2 is 1.36 bits per heavy atom. The van der Waals surface area contributed by atoms with Gasteiger partial charge in [0.2, 0.25) is 0 Å². The summed E-state index contributed by atoms with van der Waals surface area (Å²) >= 11 is 0. The monoisotopic (exact) mass is 315 g/mol. The molecule has 0 spiro atoms. The second kappa shape index (κ2) is 10.3. The summed E-state index contributed by atoms with van der Waals surface area (Å²) in [6.07, 6.45) is -0.397. The summed E-state index contributed by atoms with van der Waals surface area (Å²) in [5.41, 5.74) is 0. The van der Waals surface area contributed by atoms with Crippen LogP contribution >= 0.6 is 0 Å². The topological polar surface area (TPSA) is 114 Å². The van der Waals surface area contributed by atoms with Crippen molar-refractivity contribution in [1.29, 1.82) is 0 Å². The highest BCUT2D eigenvalue weighted by molar-refractivity contribution is 5.80. The molecule has 22 heavy (non-hydrogen) atoms. The first-order chi connectivity index (χ1) is 10.4. The lowest BCUT2D eigenvalue weighted by Gasteiger charge is -2.06. The summed E-state index contributed by atoms with van der Waals surface area (Å²) < 4.78 is 15.1. The number of hydrogen-bond acceptors (Lipinski definition) is 6. The van der Waals surface area contributed by atoms with Crippen LogP contribution < -0.4 is 19.5 Å². The van der Waals surface area contributed by atoms with E-state index in [0.717, 1.165) is 17.2 Å². The number of nitrogens with one attached hydrogen (secondary N) is 1. The standard InChI is InChI=1S/C9H12O3.C5H9NO4/c1-10-7-4-8(11-2)6-9(5-7)12-3;1-6-3(5(9)10)2-4(7)8/h4-6H,1-3H3;3,6H,2H2,1H3,(H,7,8)(H,9,10). The SMILES string of the molecule is CNC(CC(=O)O)C(=O)O.COc1cc(OC)cc(OC)c1. The summed E-state index contributed by atoms with van der Waals surface area (Å²) in [5, 5.41) is 18.8. The van der Waals surface area contributed by atoms with Crippen LogP contribution in [0.3, 0.4) is 0 Å². The van der Waals surface area contributed by atoms with Crippen molar-refractivity contribution in [1.82, 2.24) is 5.32 Å². The minimum absolute atomic E-state index is 0.397. The van der Waals surface area contributed by atoms with E-state index in [1.807, 2.05) is 0 Å². The molecule has 0 bridgehead atoms. The first-order valence-corrected chi connectivity index (χ1v) is 6.26. The van der Waals surface area contributed by atoms with Gasteiger partial charge in [-0.3, -0.25) is 9.59 Å². The molecular formula is C14H21NO7. The third kappa shape index (κ3) is 7.34. The second-order valence-electron chi connectivity index (χ2n) is 4.03. The molecule has 1 rings (SSSR count). The number of methoxy groups -OCH3 is 3. The predicted molar refractivity (Wildman–Crippen MR) is 78.8 cm³/mol. The molecule has 0 aliphatic heterocycles. The van der Waals surface area contributed by atoms with Gasteiger partial charge in [0.05, 0.1) is 27.8 Å². The van der Waals surface area contributed by atoms with Gasteiger partial charge in [-0.05, 0) is 7.05 Å². The molecule has 1 unspecified atom stereocenters. The zero-order valence-corrected chi connectivity index (χ0v) is 13.0. The molecule has 1 atom stereocenters. The van der Waals surface area contributed by atoms with E-state index in [-0.39, 0.29) is 0 Å². The van der Waals surface area contributed by atoms with Crippen LogP contribution in [-0.4, -0.2) is 56.6 Å². The molecule has 0 aromatic heterocycles. The van der Waals surface area contributed by atoms with Crippen LogP contribution in [0.25, 0.3) is 0 Å². The molecule has 1 aromatic rings. The Balaban J connectivity index is 0.000000409. The Morgan fingerprint density at radius 1 is 1.00 bits per heavy atom. The molecule has 3 N–H and O–H groups in total. The first kappa shape index (κ1) is 19.5. The lowest BCUT2D eigenvalue weighted by Crippen LogP contribution is -2.35. The second-order valence-corrected chi connectivity index (χ2v) is 4.03. The van der Waals surface area contributed by atoms with Crippen LogP contribution in [-0.2, 0) is 9.59 Å². The van der Waals surface area contributed by atoms with Gasteiger partial charge in [-0.25, -0.2) is 0 Å². The normalized spacial score (nSPS) is 10.7. The van der Waals surface area contributed by atoms with Crippen LogP contribution in [0.4, 0.5) is 0 Å². The van der Waals surface area contributed by atoms with Crippen molar-refractivity contribution in [2.24, 2.45) is 0 Å². The fraction of sp³-hybridized carbons (Fsp3) is 0.429. The van der Waals surface area contributed by atoms with Crippen molar-refractivity contribution < 1.29 is 34.0 Å². The van der Waals surface area contributed by atoms with E-state index in [1.165, 1.54) is 7.05 Å². The van der Waals surface area contributed by atoms with Gasteiger partial charge in [-0.15, -0.1) is 0 Å². The Morgan fingerprint density at radius 3 is 1.50 bits per heavy atom. The molecule has 0 amide bonds. The highest BCUT2D eigenvalue weighted by Gasteiger charge is 2.17. The van der Waals surface area contributed by atoms with Crippen LogP contribution in [0, 0.1) is 0 Å². The Hall–Kier alpha value is -2.48. The average Bonchev–Trinajstić information content (AvgIpc) is 2.51. The summed E-state index contributed by atoms with van der Waals surface area (Å²) in [7, 11) is 6.22. The van der Waals surface area contributed by atoms with E-state index in [1.54, 1.807) is 39.5 Å². The zero-order chi connectivity index (χ0) is 17.1. The third-order valence-corrected chi connectivity index (χ3v) is 2.59. The molecule has 8 heteroatoms. The molecule has 0 saturated carbocycles. The Kier molecular flexibility index (Phi) is 9.12. The van der Waals surface area contributed by atoms with Gasteiger partial charge in [0.1, 0.15) is 23.3 Å². The molecule has 1 aromatic carbocycles. The molecule has 0 fully saturated rings. The van der Waals surface area contributed by atoms with Crippen molar-refractivity contribution in [3.63, 3.8) is 0 Å². The first-order valence-electron chi connectivity index (χ1n) is 6.26. The highest BCUT2D eigenvalue weighted by Crippen LogP contribution is 2.26. The van der Waals surface area contributed by atoms with Crippen LogP contribution in [0.15, 0.2) is 18.2 Å². The number of hydrogen-bond donors (Lipinski definition) is 3. The molecule has 0 saturated heterocycles. The minimum Gasteiger partial charge on any atom is -0.496 e. The van der Waals surface area contributed by atoms with Crippen molar-refractivity contribution >= 4 is 11.9 Å². The maximum absolute atomic E-state index is 10.1. The van der Waals surface area contributed by atoms with Gasteiger partial charge in [0.15, 0.2) is 0 Å². The number of carboxylic acid groups (broad SMARTS) is 2. The summed E-state index contributed by atoms with van der Waals surface area (Å²) in [4.78, 5) is 20.1. The van der Waals surface area contributed by atoms with E-state index >= 15 is 0 Å². The maximum atomic E-state index is 10.1. The fourth-order valence-electron chi connectivity index (χ4n) is 1.39. The van der Waals surface area contributed by atoms with Crippen molar-refractivity contribution in [3.8, 4) is 17.2 Å². The van der Waals surface area contributed by atoms with Crippen molar-refractivity contribution in [2.75, 3.05) is 28.4 Å². The van der Waals surface area contributed by atoms with E-state index in [2.05, 4.69) is 5.32 Å². The van der Waals surface area contributed by atoms with Crippen molar-refractivity contribution in [3.05, 3.63) is 18.2 Å². The molecule has 124 valence electrons. The lowest BCUT2D eigenvalue weighted by molar-refractivity contribution is -0.145. The largest absolute Gasteiger partial charge is 0.496 e. The highest BCUT2D eigenvalue weighted by atomic mass is 16.5. The van der Waals surface area contributed by atoms with Crippen LogP contribution in [0.1, 0.15) is 6.42 Å². The van der Waals surface area contributed by atoms with Crippen LogP contribution in [0.2, 0.25) is 0 Å². The minimum atomic E-state index is -1.15. The van der Waals surface area contributed by atoms with Gasteiger partial charge in [-0.2, -0.15) is 0 Å². The summed E-state index contributed by atoms with van der Waals surface area (Å²) in [6.45, 7) is 0. The number of benzene rings is 1. The molecule has 0 aliphatic rings. The molecule has 0 radical (unpaired) electrons. The summed E-state index contributed by atoms with van der Waals surface area (Å²) in [5.74, 6) is -0.0877. The quantitative estimate of drug-likeness (QED) is 0.678. The van der Waals surface area contributed by atoms with Gasteiger partial charge >= 0.3 is 11.9 Å². The smallest absolute Gasteiger partial charge is 0.321 e. The van der Waals surface area contributed by atoms with Crippen molar-refractivity contribution in [2.45, 2.75) is 12.5 Å². The lowest BCUT2D eigenvalue weighted by atomic mass is 10.2. The summed E-state index contributed by atoms with van der Waals surface area (Å²) in [6, 6.07) is 4.39. The Bertz CT molecular complexity index is 435. The number of aliphatic carboxylic acids is 2. The average molecular weight is 315 g/mol. The molecule has 0 aliphatic carbocycles. The van der Waals surface area contributed by atoms with Gasteiger partial charge in [-0.1, -0.05) is 0 Å². The van der Waals surface area contributed by atoms with Gasteiger partial charge < -0.3 is 29.7 Å². The van der Waals surface area contributed by atoms with E-state index < -0.39 is 24.4 Å². The number of rotatable bonds is 7. The maximum Gasteiger partial charge on any atom is 0.321 e.